The second-order valence-electron chi connectivity index (χ2n) is 10.3. The zero-order chi connectivity index (χ0) is 29.4. The van der Waals surface area contributed by atoms with E-state index >= 15 is 0 Å². The van der Waals surface area contributed by atoms with E-state index in [4.69, 9.17) is 9.72 Å². The van der Waals surface area contributed by atoms with Crippen molar-refractivity contribution in [2.45, 2.75) is 32.5 Å². The van der Waals surface area contributed by atoms with Gasteiger partial charge in [-0.1, -0.05) is 6.07 Å². The van der Waals surface area contributed by atoms with Gasteiger partial charge in [-0.25, -0.2) is 4.98 Å². The normalized spacial score (nSPS) is 15.7. The molecule has 2 aromatic carbocycles. The van der Waals surface area contributed by atoms with Gasteiger partial charge in [-0.2, -0.15) is 13.8 Å². The Morgan fingerprint density at radius 1 is 1.07 bits per heavy atom. The third-order valence-corrected chi connectivity index (χ3v) is 7.62. The molecular formula is C31H31F2N5O4. The number of aliphatic hydroxyl groups is 1. The Bertz CT molecular complexity index is 1800. The number of rotatable bonds is 9. The molecule has 1 fully saturated rings. The van der Waals surface area contributed by atoms with Gasteiger partial charge in [0.25, 0.3) is 5.56 Å². The SMILES string of the molecule is CCOc1ccc2cc(-c3ccc4nc(CCN5CCC(O)C5)n(C)c4c3)c(=O)n(-c3ccc(OC(F)F)cc3)c2n1. The number of aliphatic hydroxyl groups excluding tert-OH is 1. The number of nitrogens with zero attached hydrogens (tertiary/aromatic N) is 5. The maximum atomic E-state index is 14.1. The largest absolute Gasteiger partial charge is 0.478 e. The Morgan fingerprint density at radius 3 is 2.60 bits per heavy atom. The number of hydrogen-bond donors (Lipinski definition) is 1. The van der Waals surface area contributed by atoms with Crippen molar-refractivity contribution in [2.24, 2.45) is 7.05 Å². The molecule has 0 spiro atoms. The summed E-state index contributed by atoms with van der Waals surface area (Å²) >= 11 is 0. The molecule has 0 bridgehead atoms. The summed E-state index contributed by atoms with van der Waals surface area (Å²) in [6, 6.07) is 17.0. The van der Waals surface area contributed by atoms with Gasteiger partial charge >= 0.3 is 6.61 Å². The minimum atomic E-state index is -2.95. The van der Waals surface area contributed by atoms with Crippen molar-refractivity contribution in [3.05, 3.63) is 76.8 Å². The molecule has 218 valence electrons. The van der Waals surface area contributed by atoms with Crippen LogP contribution >= 0.6 is 0 Å². The Balaban J connectivity index is 1.42. The number of halogens is 2. The second-order valence-corrected chi connectivity index (χ2v) is 10.3. The van der Waals surface area contributed by atoms with Gasteiger partial charge in [-0.05, 0) is 67.4 Å². The average molecular weight is 576 g/mol. The molecule has 42 heavy (non-hydrogen) atoms. The minimum absolute atomic E-state index is 0.0106. The first kappa shape index (κ1) is 27.8. The van der Waals surface area contributed by atoms with Gasteiger partial charge in [0.2, 0.25) is 5.88 Å². The van der Waals surface area contributed by atoms with E-state index in [2.05, 4.69) is 14.6 Å². The van der Waals surface area contributed by atoms with Crippen molar-refractivity contribution in [1.29, 1.82) is 0 Å². The molecule has 6 rings (SSSR count). The molecular weight excluding hydrogens is 544 g/mol. The average Bonchev–Trinajstić information content (AvgIpc) is 3.53. The quantitative estimate of drug-likeness (QED) is 0.276. The summed E-state index contributed by atoms with van der Waals surface area (Å²) in [4.78, 5) is 25.8. The number of aromatic nitrogens is 4. The van der Waals surface area contributed by atoms with Gasteiger partial charge in [-0.3, -0.25) is 9.36 Å². The fourth-order valence-electron chi connectivity index (χ4n) is 5.52. The number of hydrogen-bond acceptors (Lipinski definition) is 7. The standard InChI is InChI=1S/C31H31F2N5O4/c1-3-41-28-11-5-20-16-24(30(40)38(29(20)35-28)21-6-8-23(9-7-21)42-31(32)33)19-4-10-25-26(17-19)36(2)27(34-25)13-15-37-14-12-22(39)18-37/h4-11,16-17,22,31,39H,3,12-15,18H2,1-2H3. The van der Waals surface area contributed by atoms with E-state index in [1.807, 2.05) is 48.9 Å². The maximum Gasteiger partial charge on any atom is 0.387 e. The van der Waals surface area contributed by atoms with E-state index in [1.54, 1.807) is 18.2 Å². The van der Waals surface area contributed by atoms with Crippen LogP contribution in [0.15, 0.2) is 65.5 Å². The molecule has 1 atom stereocenters. The van der Waals surface area contributed by atoms with Gasteiger partial charge in [0.15, 0.2) is 5.65 Å². The lowest BCUT2D eigenvalue weighted by molar-refractivity contribution is -0.0498. The Labute approximate surface area is 240 Å². The summed E-state index contributed by atoms with van der Waals surface area (Å²) in [6.45, 7) is 1.69. The predicted molar refractivity (Wildman–Crippen MR) is 156 cm³/mol. The van der Waals surface area contributed by atoms with Crippen LogP contribution in [0.3, 0.4) is 0 Å². The molecule has 3 aromatic heterocycles. The first-order valence-corrected chi connectivity index (χ1v) is 13.9. The Kier molecular flexibility index (Phi) is 7.61. The number of benzene rings is 2. The number of fused-ring (bicyclic) bond motifs is 2. The summed E-state index contributed by atoms with van der Waals surface area (Å²) in [5, 5.41) is 10.5. The highest BCUT2D eigenvalue weighted by molar-refractivity contribution is 5.87. The summed E-state index contributed by atoms with van der Waals surface area (Å²) in [6.07, 6.45) is 1.28. The molecule has 1 aliphatic heterocycles. The molecule has 1 N–H and O–H groups in total. The number of β-amino-alcohol motifs (C(OH)–C–C–N with tert-alkyl or cyclic N) is 1. The monoisotopic (exact) mass is 575 g/mol. The van der Waals surface area contributed by atoms with Crippen LogP contribution in [-0.2, 0) is 13.5 Å². The lowest BCUT2D eigenvalue weighted by atomic mass is 10.0. The van der Waals surface area contributed by atoms with Crippen LogP contribution in [-0.4, -0.2) is 68.1 Å². The molecule has 0 saturated carbocycles. The fourth-order valence-corrected chi connectivity index (χ4v) is 5.52. The van der Waals surface area contributed by atoms with Crippen LogP contribution in [0.4, 0.5) is 8.78 Å². The number of likely N-dealkylation sites (tertiary alicyclic amines) is 1. The molecule has 11 heteroatoms. The van der Waals surface area contributed by atoms with E-state index in [0.29, 0.717) is 46.9 Å². The molecule has 0 radical (unpaired) electrons. The molecule has 1 aliphatic rings. The van der Waals surface area contributed by atoms with Crippen molar-refractivity contribution in [3.8, 4) is 28.4 Å². The summed E-state index contributed by atoms with van der Waals surface area (Å²) < 4.78 is 39.0. The summed E-state index contributed by atoms with van der Waals surface area (Å²) in [7, 11) is 1.97. The summed E-state index contributed by atoms with van der Waals surface area (Å²) in [5.74, 6) is 1.29. The van der Waals surface area contributed by atoms with Crippen molar-refractivity contribution in [1.82, 2.24) is 24.0 Å². The van der Waals surface area contributed by atoms with E-state index in [0.717, 1.165) is 42.8 Å². The molecule has 0 amide bonds. The van der Waals surface area contributed by atoms with Crippen LogP contribution in [0, 0.1) is 0 Å². The van der Waals surface area contributed by atoms with Crippen molar-refractivity contribution < 1.29 is 23.4 Å². The van der Waals surface area contributed by atoms with Crippen LogP contribution in [0.25, 0.3) is 38.9 Å². The first-order chi connectivity index (χ1) is 20.3. The first-order valence-electron chi connectivity index (χ1n) is 13.9. The Hall–Kier alpha value is -4.35. The van der Waals surface area contributed by atoms with Crippen LogP contribution < -0.4 is 15.0 Å². The third kappa shape index (κ3) is 5.45. The number of pyridine rings is 2. The summed E-state index contributed by atoms with van der Waals surface area (Å²) in [5.41, 5.74) is 3.41. The van der Waals surface area contributed by atoms with E-state index in [9.17, 15) is 18.7 Å². The molecule has 9 nitrogen and oxygen atoms in total. The third-order valence-electron chi connectivity index (χ3n) is 7.62. The minimum Gasteiger partial charge on any atom is -0.478 e. The number of aryl methyl sites for hydroxylation is 1. The highest BCUT2D eigenvalue weighted by Crippen LogP contribution is 2.28. The molecule has 4 heterocycles. The highest BCUT2D eigenvalue weighted by atomic mass is 19.3. The number of alkyl halides is 2. The fraction of sp³-hybridized carbons (Fsp3) is 0.323. The zero-order valence-electron chi connectivity index (χ0n) is 23.3. The predicted octanol–water partition coefficient (Wildman–Crippen LogP) is 4.55. The maximum absolute atomic E-state index is 14.1. The van der Waals surface area contributed by atoms with Crippen molar-refractivity contribution in [2.75, 3.05) is 26.2 Å². The van der Waals surface area contributed by atoms with Gasteiger partial charge in [-0.15, -0.1) is 0 Å². The van der Waals surface area contributed by atoms with Gasteiger partial charge in [0.1, 0.15) is 11.6 Å². The van der Waals surface area contributed by atoms with Crippen LogP contribution in [0.1, 0.15) is 19.2 Å². The van der Waals surface area contributed by atoms with E-state index < -0.39 is 6.61 Å². The lowest BCUT2D eigenvalue weighted by Gasteiger charge is -2.15. The van der Waals surface area contributed by atoms with E-state index in [1.165, 1.54) is 16.7 Å². The molecule has 1 unspecified atom stereocenters. The topological polar surface area (TPSA) is 94.6 Å². The van der Waals surface area contributed by atoms with Crippen molar-refractivity contribution in [3.63, 3.8) is 0 Å². The number of ether oxygens (including phenoxy) is 2. The van der Waals surface area contributed by atoms with Crippen LogP contribution in [0.2, 0.25) is 0 Å². The molecule has 1 saturated heterocycles. The van der Waals surface area contributed by atoms with Crippen molar-refractivity contribution >= 4 is 22.1 Å². The Morgan fingerprint density at radius 2 is 1.88 bits per heavy atom. The van der Waals surface area contributed by atoms with Gasteiger partial charge < -0.3 is 24.0 Å². The zero-order valence-corrected chi connectivity index (χ0v) is 23.3. The second kappa shape index (κ2) is 11.5. The highest BCUT2D eigenvalue weighted by Gasteiger charge is 2.21. The molecule has 5 aromatic rings. The van der Waals surface area contributed by atoms with Gasteiger partial charge in [0.05, 0.1) is 29.4 Å². The van der Waals surface area contributed by atoms with E-state index in [-0.39, 0.29) is 17.4 Å². The van der Waals surface area contributed by atoms with Gasteiger partial charge in [0, 0.05) is 50.1 Å². The number of imidazole rings is 1. The molecule has 0 aliphatic carbocycles. The van der Waals surface area contributed by atoms with Crippen LogP contribution in [0.5, 0.6) is 11.6 Å². The smallest absolute Gasteiger partial charge is 0.387 e. The lowest BCUT2D eigenvalue weighted by Crippen LogP contribution is -2.25.